The number of furan rings is 1. The first kappa shape index (κ1) is 16.3. The molecule has 132 valence electrons. The molecule has 10 heteroatoms. The highest BCUT2D eigenvalue weighted by Gasteiger charge is 2.13. The van der Waals surface area contributed by atoms with E-state index in [2.05, 4.69) is 25.7 Å². The SMILES string of the molecule is COc1cccc(-c2noc(CSc3nnnn3Cc3ccco3)n2)c1. The third-order valence-electron chi connectivity index (χ3n) is 3.51. The first-order chi connectivity index (χ1) is 12.8. The normalized spacial score (nSPS) is 11.0. The first-order valence-electron chi connectivity index (χ1n) is 7.70. The van der Waals surface area contributed by atoms with E-state index in [1.165, 1.54) is 11.8 Å². The quantitative estimate of drug-likeness (QED) is 0.454. The fraction of sp³-hybridized carbons (Fsp3) is 0.188. The molecule has 0 aliphatic heterocycles. The zero-order chi connectivity index (χ0) is 17.8. The van der Waals surface area contributed by atoms with Gasteiger partial charge in [-0.1, -0.05) is 29.1 Å². The van der Waals surface area contributed by atoms with Crippen molar-refractivity contribution in [3.8, 4) is 17.1 Å². The van der Waals surface area contributed by atoms with Gasteiger partial charge in [0.25, 0.3) is 0 Å². The second kappa shape index (κ2) is 7.40. The molecule has 0 amide bonds. The molecule has 3 aromatic heterocycles. The summed E-state index contributed by atoms with van der Waals surface area (Å²) in [7, 11) is 1.62. The largest absolute Gasteiger partial charge is 0.497 e. The summed E-state index contributed by atoms with van der Waals surface area (Å²) in [5.74, 6) is 2.96. The number of hydrogen-bond acceptors (Lipinski definition) is 9. The molecule has 0 saturated heterocycles. The van der Waals surface area contributed by atoms with Gasteiger partial charge in [-0.15, -0.1) is 5.10 Å². The van der Waals surface area contributed by atoms with Crippen LogP contribution in [0.1, 0.15) is 11.7 Å². The van der Waals surface area contributed by atoms with E-state index in [4.69, 9.17) is 13.7 Å². The van der Waals surface area contributed by atoms with Gasteiger partial charge in [0.1, 0.15) is 18.1 Å². The van der Waals surface area contributed by atoms with Crippen LogP contribution in [-0.4, -0.2) is 37.5 Å². The Morgan fingerprint density at radius 1 is 1.23 bits per heavy atom. The predicted molar refractivity (Wildman–Crippen MR) is 91.5 cm³/mol. The fourth-order valence-electron chi connectivity index (χ4n) is 2.27. The minimum Gasteiger partial charge on any atom is -0.497 e. The highest BCUT2D eigenvalue weighted by molar-refractivity contribution is 7.98. The monoisotopic (exact) mass is 370 g/mol. The van der Waals surface area contributed by atoms with E-state index in [-0.39, 0.29) is 0 Å². The molecule has 0 radical (unpaired) electrons. The summed E-state index contributed by atoms with van der Waals surface area (Å²) in [6, 6.07) is 11.2. The van der Waals surface area contributed by atoms with Crippen LogP contribution in [0.2, 0.25) is 0 Å². The van der Waals surface area contributed by atoms with Gasteiger partial charge < -0.3 is 13.7 Å². The zero-order valence-corrected chi connectivity index (χ0v) is 14.6. The summed E-state index contributed by atoms with van der Waals surface area (Å²) in [5.41, 5.74) is 0.826. The second-order valence-electron chi connectivity index (χ2n) is 5.23. The summed E-state index contributed by atoms with van der Waals surface area (Å²) in [6.45, 7) is 0.460. The van der Waals surface area contributed by atoms with E-state index < -0.39 is 0 Å². The van der Waals surface area contributed by atoms with Gasteiger partial charge in [-0.2, -0.15) is 4.98 Å². The van der Waals surface area contributed by atoms with Crippen molar-refractivity contribution < 1.29 is 13.7 Å². The van der Waals surface area contributed by atoms with Gasteiger partial charge in [0.05, 0.1) is 19.1 Å². The summed E-state index contributed by atoms with van der Waals surface area (Å²) in [5, 5.41) is 16.4. The molecule has 9 nitrogen and oxygen atoms in total. The minimum absolute atomic E-state index is 0.454. The Morgan fingerprint density at radius 3 is 3.04 bits per heavy atom. The van der Waals surface area contributed by atoms with Crippen molar-refractivity contribution in [2.75, 3.05) is 7.11 Å². The lowest BCUT2D eigenvalue weighted by molar-refractivity contribution is 0.391. The number of thioether (sulfide) groups is 1. The van der Waals surface area contributed by atoms with E-state index in [0.29, 0.717) is 29.2 Å². The predicted octanol–water partition coefficient (Wildman–Crippen LogP) is 2.67. The van der Waals surface area contributed by atoms with Crippen molar-refractivity contribution in [3.05, 3.63) is 54.3 Å². The highest BCUT2D eigenvalue weighted by Crippen LogP contribution is 2.24. The Morgan fingerprint density at radius 2 is 2.19 bits per heavy atom. The topological polar surface area (TPSA) is 105 Å². The Kier molecular flexibility index (Phi) is 4.65. The summed E-state index contributed by atoms with van der Waals surface area (Å²) >= 11 is 1.41. The van der Waals surface area contributed by atoms with E-state index in [9.17, 15) is 0 Å². The molecule has 3 heterocycles. The van der Waals surface area contributed by atoms with Crippen molar-refractivity contribution in [3.63, 3.8) is 0 Å². The van der Waals surface area contributed by atoms with Gasteiger partial charge in [0.2, 0.25) is 16.9 Å². The summed E-state index contributed by atoms with van der Waals surface area (Å²) in [4.78, 5) is 4.41. The van der Waals surface area contributed by atoms with Gasteiger partial charge in [-0.3, -0.25) is 0 Å². The standard InChI is InChI=1S/C16H14N6O3S/c1-23-12-5-2-4-11(8-12)15-17-14(25-19-15)10-26-16-18-20-21-22(16)9-13-6-3-7-24-13/h2-8H,9-10H2,1H3. The van der Waals surface area contributed by atoms with Crippen LogP contribution in [0.3, 0.4) is 0 Å². The van der Waals surface area contributed by atoms with Crippen LogP contribution >= 0.6 is 11.8 Å². The van der Waals surface area contributed by atoms with Crippen LogP contribution in [0, 0.1) is 0 Å². The molecule has 0 unspecified atom stereocenters. The van der Waals surface area contributed by atoms with Crippen LogP contribution in [-0.2, 0) is 12.3 Å². The molecule has 0 spiro atoms. The van der Waals surface area contributed by atoms with Crippen molar-refractivity contribution >= 4 is 11.8 Å². The second-order valence-corrected chi connectivity index (χ2v) is 6.17. The van der Waals surface area contributed by atoms with Gasteiger partial charge >= 0.3 is 0 Å². The molecule has 0 N–H and O–H groups in total. The number of rotatable bonds is 7. The number of ether oxygens (including phenoxy) is 1. The Hall–Kier alpha value is -3.14. The third-order valence-corrected chi connectivity index (χ3v) is 4.45. The van der Waals surface area contributed by atoms with Crippen LogP contribution < -0.4 is 4.74 Å². The Balaban J connectivity index is 1.43. The van der Waals surface area contributed by atoms with Crippen LogP contribution in [0.25, 0.3) is 11.4 Å². The zero-order valence-electron chi connectivity index (χ0n) is 13.8. The molecular formula is C16H14N6O3S. The Labute approximate surface area is 152 Å². The van der Waals surface area contributed by atoms with Crippen molar-refractivity contribution in [2.24, 2.45) is 0 Å². The average molecular weight is 370 g/mol. The number of aromatic nitrogens is 6. The molecule has 0 aliphatic carbocycles. The summed E-state index contributed by atoms with van der Waals surface area (Å²) < 4.78 is 17.5. The van der Waals surface area contributed by atoms with Gasteiger partial charge in [-0.05, 0) is 34.7 Å². The lowest BCUT2D eigenvalue weighted by Crippen LogP contribution is -2.03. The van der Waals surface area contributed by atoms with Crippen LogP contribution in [0.15, 0.2) is 56.8 Å². The van der Waals surface area contributed by atoms with E-state index >= 15 is 0 Å². The van der Waals surface area contributed by atoms with Gasteiger partial charge in [0.15, 0.2) is 0 Å². The molecule has 26 heavy (non-hydrogen) atoms. The van der Waals surface area contributed by atoms with E-state index in [1.54, 1.807) is 18.1 Å². The highest BCUT2D eigenvalue weighted by atomic mass is 32.2. The van der Waals surface area contributed by atoms with Gasteiger partial charge in [-0.25, -0.2) is 4.68 Å². The minimum atomic E-state index is 0.454. The number of tetrazole rings is 1. The van der Waals surface area contributed by atoms with Crippen LogP contribution in [0.5, 0.6) is 5.75 Å². The number of nitrogens with zero attached hydrogens (tertiary/aromatic N) is 6. The number of hydrogen-bond donors (Lipinski definition) is 0. The van der Waals surface area contributed by atoms with Crippen molar-refractivity contribution in [1.29, 1.82) is 0 Å². The molecule has 0 atom stereocenters. The number of methoxy groups -OCH3 is 1. The molecule has 1 aromatic carbocycles. The molecule has 4 aromatic rings. The maximum absolute atomic E-state index is 5.32. The lowest BCUT2D eigenvalue weighted by atomic mass is 10.2. The molecule has 0 bridgehead atoms. The molecule has 0 aliphatic rings. The molecular weight excluding hydrogens is 356 g/mol. The average Bonchev–Trinajstić information content (AvgIpc) is 3.43. The third kappa shape index (κ3) is 3.59. The Bertz CT molecular complexity index is 981. The van der Waals surface area contributed by atoms with Gasteiger partial charge in [0, 0.05) is 5.56 Å². The summed E-state index contributed by atoms with van der Waals surface area (Å²) in [6.07, 6.45) is 1.62. The van der Waals surface area contributed by atoms with Crippen molar-refractivity contribution in [1.82, 2.24) is 30.3 Å². The smallest absolute Gasteiger partial charge is 0.237 e. The first-order valence-corrected chi connectivity index (χ1v) is 8.69. The maximum atomic E-state index is 5.32. The molecule has 0 fully saturated rings. The fourth-order valence-corrected chi connectivity index (χ4v) is 2.98. The number of benzene rings is 1. The van der Waals surface area contributed by atoms with Crippen LogP contribution in [0.4, 0.5) is 0 Å². The molecule has 0 saturated carbocycles. The maximum Gasteiger partial charge on any atom is 0.237 e. The van der Waals surface area contributed by atoms with E-state index in [1.807, 2.05) is 36.4 Å². The van der Waals surface area contributed by atoms with Crippen molar-refractivity contribution in [2.45, 2.75) is 17.5 Å². The molecule has 4 rings (SSSR count). The van der Waals surface area contributed by atoms with E-state index in [0.717, 1.165) is 17.1 Å². The lowest BCUT2D eigenvalue weighted by Gasteiger charge is -2.00.